The Labute approximate surface area is 121 Å². The number of fused-ring (bicyclic) bond motifs is 1. The number of amides is 1. The maximum atomic E-state index is 12.0. The quantitative estimate of drug-likeness (QED) is 0.813. The second-order valence-corrected chi connectivity index (χ2v) is 5.12. The van der Waals surface area contributed by atoms with E-state index in [-0.39, 0.29) is 0 Å². The topological polar surface area (TPSA) is 37.4 Å². The van der Waals surface area contributed by atoms with E-state index in [4.69, 9.17) is 11.6 Å². The summed E-state index contributed by atoms with van der Waals surface area (Å²) in [6.45, 7) is 0.474. The Bertz CT molecular complexity index is 682. The van der Waals surface area contributed by atoms with E-state index in [0.29, 0.717) is 29.2 Å². The van der Waals surface area contributed by atoms with Gasteiger partial charge in [-0.3, -0.25) is 9.59 Å². The van der Waals surface area contributed by atoms with Crippen molar-refractivity contribution in [1.82, 2.24) is 0 Å². The summed E-state index contributed by atoms with van der Waals surface area (Å²) in [5.74, 6) is -0.928. The molecule has 100 valence electrons. The van der Waals surface area contributed by atoms with Crippen molar-refractivity contribution in [3.05, 3.63) is 64.7 Å². The lowest BCUT2D eigenvalue weighted by Crippen LogP contribution is -2.31. The number of hydrogen-bond acceptors (Lipinski definition) is 2. The predicted octanol–water partition coefficient (Wildman–Crippen LogP) is 3.11. The van der Waals surface area contributed by atoms with Crippen molar-refractivity contribution < 1.29 is 9.59 Å². The largest absolute Gasteiger partial charge is 0.304 e. The number of rotatable bonds is 3. The van der Waals surface area contributed by atoms with Gasteiger partial charge in [0.25, 0.3) is 11.7 Å². The summed E-state index contributed by atoms with van der Waals surface area (Å²) in [7, 11) is 0. The normalized spacial score (nSPS) is 13.8. The van der Waals surface area contributed by atoms with Crippen LogP contribution in [0.1, 0.15) is 15.9 Å². The molecule has 0 radical (unpaired) electrons. The molecule has 0 spiro atoms. The van der Waals surface area contributed by atoms with Gasteiger partial charge in [-0.05, 0) is 30.2 Å². The van der Waals surface area contributed by atoms with Crippen molar-refractivity contribution in [3.63, 3.8) is 0 Å². The van der Waals surface area contributed by atoms with E-state index in [1.165, 1.54) is 4.90 Å². The van der Waals surface area contributed by atoms with Gasteiger partial charge in [0.05, 0.1) is 11.3 Å². The maximum Gasteiger partial charge on any atom is 0.299 e. The molecule has 0 bridgehead atoms. The van der Waals surface area contributed by atoms with E-state index in [2.05, 4.69) is 0 Å². The molecule has 0 fully saturated rings. The highest BCUT2D eigenvalue weighted by Gasteiger charge is 2.35. The Balaban J connectivity index is 1.86. The summed E-state index contributed by atoms with van der Waals surface area (Å²) < 4.78 is 0. The highest BCUT2D eigenvalue weighted by molar-refractivity contribution is 6.52. The number of hydrogen-bond donors (Lipinski definition) is 0. The molecule has 1 aliphatic rings. The van der Waals surface area contributed by atoms with Crippen LogP contribution >= 0.6 is 11.6 Å². The van der Waals surface area contributed by atoms with Crippen LogP contribution in [0.15, 0.2) is 48.5 Å². The first-order valence-corrected chi connectivity index (χ1v) is 6.74. The summed E-state index contributed by atoms with van der Waals surface area (Å²) in [6, 6.07) is 14.8. The van der Waals surface area contributed by atoms with Gasteiger partial charge >= 0.3 is 0 Å². The van der Waals surface area contributed by atoms with Gasteiger partial charge < -0.3 is 4.90 Å². The number of nitrogens with zero attached hydrogens (tertiary/aromatic N) is 1. The first-order chi connectivity index (χ1) is 9.66. The molecule has 0 saturated heterocycles. The van der Waals surface area contributed by atoms with Gasteiger partial charge in [0, 0.05) is 11.6 Å². The van der Waals surface area contributed by atoms with Crippen LogP contribution in [0, 0.1) is 0 Å². The fourth-order valence-electron chi connectivity index (χ4n) is 2.37. The Morgan fingerprint density at radius 2 is 1.75 bits per heavy atom. The van der Waals surface area contributed by atoms with Gasteiger partial charge in [0.2, 0.25) is 0 Å². The van der Waals surface area contributed by atoms with Gasteiger partial charge in [0.1, 0.15) is 0 Å². The molecule has 0 saturated carbocycles. The van der Waals surface area contributed by atoms with Crippen LogP contribution in [0.4, 0.5) is 5.69 Å². The van der Waals surface area contributed by atoms with Gasteiger partial charge in [-0.15, -0.1) is 0 Å². The van der Waals surface area contributed by atoms with Crippen molar-refractivity contribution in [2.75, 3.05) is 11.4 Å². The molecule has 1 heterocycles. The molecule has 20 heavy (non-hydrogen) atoms. The first kappa shape index (κ1) is 12.9. The van der Waals surface area contributed by atoms with Crippen LogP contribution in [-0.2, 0) is 11.2 Å². The summed E-state index contributed by atoms with van der Waals surface area (Å²) >= 11 is 5.95. The number of anilines is 1. The molecule has 3 rings (SSSR count). The average molecular weight is 286 g/mol. The van der Waals surface area contributed by atoms with Crippen LogP contribution in [0.5, 0.6) is 0 Å². The Morgan fingerprint density at radius 3 is 2.50 bits per heavy atom. The summed E-state index contributed by atoms with van der Waals surface area (Å²) in [5.41, 5.74) is 2.18. The third-order valence-electron chi connectivity index (χ3n) is 3.40. The van der Waals surface area contributed by atoms with Crippen LogP contribution in [0.3, 0.4) is 0 Å². The van der Waals surface area contributed by atoms with Gasteiger partial charge in [-0.2, -0.15) is 0 Å². The molecule has 0 unspecified atom stereocenters. The molecular weight excluding hydrogens is 274 g/mol. The van der Waals surface area contributed by atoms with Gasteiger partial charge in [-0.25, -0.2) is 0 Å². The lowest BCUT2D eigenvalue weighted by atomic mass is 10.1. The van der Waals surface area contributed by atoms with E-state index in [1.54, 1.807) is 18.2 Å². The highest BCUT2D eigenvalue weighted by atomic mass is 35.5. The van der Waals surface area contributed by atoms with Crippen molar-refractivity contribution in [2.45, 2.75) is 6.42 Å². The molecule has 0 N–H and O–H groups in total. The Morgan fingerprint density at radius 1 is 1.00 bits per heavy atom. The first-order valence-electron chi connectivity index (χ1n) is 6.36. The van der Waals surface area contributed by atoms with Gasteiger partial charge in [0.15, 0.2) is 0 Å². The molecule has 1 amide bonds. The minimum atomic E-state index is -0.474. The summed E-state index contributed by atoms with van der Waals surface area (Å²) in [5, 5.41) is 0.524. The summed E-state index contributed by atoms with van der Waals surface area (Å²) in [4.78, 5) is 25.4. The molecule has 0 atom stereocenters. The molecule has 0 aliphatic carbocycles. The van der Waals surface area contributed by atoms with Crippen molar-refractivity contribution in [3.8, 4) is 0 Å². The number of halogens is 1. The molecule has 3 nitrogen and oxygen atoms in total. The van der Waals surface area contributed by atoms with Crippen molar-refractivity contribution >= 4 is 29.0 Å². The van der Waals surface area contributed by atoms with Crippen LogP contribution in [-0.4, -0.2) is 18.2 Å². The van der Waals surface area contributed by atoms with E-state index in [9.17, 15) is 9.59 Å². The molecule has 4 heteroatoms. The third-order valence-corrected chi connectivity index (χ3v) is 3.64. The number of benzene rings is 2. The highest BCUT2D eigenvalue weighted by Crippen LogP contribution is 2.31. The number of carbonyl (C=O) groups is 2. The van der Waals surface area contributed by atoms with Crippen LogP contribution < -0.4 is 4.90 Å². The minimum absolute atomic E-state index is 0.437. The molecule has 0 aromatic heterocycles. The standard InChI is InChI=1S/C16H12ClNO2/c17-12-6-7-13-14(10-12)18(16(20)15(13)19)9-8-11-4-2-1-3-5-11/h1-7,10H,8-9H2. The monoisotopic (exact) mass is 285 g/mol. The second-order valence-electron chi connectivity index (χ2n) is 4.68. The number of carbonyl (C=O) groups excluding carboxylic acids is 2. The van der Waals surface area contributed by atoms with Crippen molar-refractivity contribution in [1.29, 1.82) is 0 Å². The molecular formula is C16H12ClNO2. The predicted molar refractivity (Wildman–Crippen MR) is 78.3 cm³/mol. The summed E-state index contributed by atoms with van der Waals surface area (Å²) in [6.07, 6.45) is 0.700. The van der Waals surface area contributed by atoms with E-state index >= 15 is 0 Å². The average Bonchev–Trinajstić information content (AvgIpc) is 2.70. The second kappa shape index (κ2) is 5.10. The lowest BCUT2D eigenvalue weighted by molar-refractivity contribution is -0.114. The maximum absolute atomic E-state index is 12.0. The molecule has 2 aromatic carbocycles. The van der Waals surface area contributed by atoms with E-state index in [1.807, 2.05) is 30.3 Å². The number of Topliss-reactive ketones (excluding diaryl/α,β-unsaturated/α-hetero) is 1. The smallest absolute Gasteiger partial charge is 0.299 e. The Kier molecular flexibility index (Phi) is 3.28. The van der Waals surface area contributed by atoms with E-state index in [0.717, 1.165) is 5.56 Å². The molecule has 2 aromatic rings. The fraction of sp³-hybridized carbons (Fsp3) is 0.125. The molecule has 1 aliphatic heterocycles. The van der Waals surface area contributed by atoms with Crippen LogP contribution in [0.2, 0.25) is 5.02 Å². The minimum Gasteiger partial charge on any atom is -0.304 e. The van der Waals surface area contributed by atoms with Gasteiger partial charge in [-0.1, -0.05) is 41.9 Å². The zero-order valence-corrected chi connectivity index (χ0v) is 11.4. The van der Waals surface area contributed by atoms with E-state index < -0.39 is 11.7 Å². The van der Waals surface area contributed by atoms with Crippen LogP contribution in [0.25, 0.3) is 0 Å². The lowest BCUT2D eigenvalue weighted by Gasteiger charge is -2.16. The number of ketones is 1. The zero-order chi connectivity index (χ0) is 14.1. The SMILES string of the molecule is O=C1C(=O)N(CCc2ccccc2)c2cc(Cl)ccc21. The third kappa shape index (κ3) is 2.21. The van der Waals surface area contributed by atoms with Crippen molar-refractivity contribution in [2.24, 2.45) is 0 Å². The fourth-order valence-corrected chi connectivity index (χ4v) is 2.54. The Hall–Kier alpha value is -2.13. The zero-order valence-electron chi connectivity index (χ0n) is 10.7.